The summed E-state index contributed by atoms with van der Waals surface area (Å²) in [6.45, 7) is 5.81. The first-order valence-electron chi connectivity index (χ1n) is 7.02. The van der Waals surface area contributed by atoms with E-state index in [9.17, 15) is 9.90 Å². The summed E-state index contributed by atoms with van der Waals surface area (Å²) in [5, 5.41) is 11.5. The lowest BCUT2D eigenvalue weighted by atomic mass is 9.65. The van der Waals surface area contributed by atoms with Gasteiger partial charge in [-0.05, 0) is 30.4 Å². The third-order valence-corrected chi connectivity index (χ3v) is 5.41. The first-order valence-corrected chi connectivity index (χ1v) is 7.02. The van der Waals surface area contributed by atoms with Crippen LogP contribution in [0.2, 0.25) is 0 Å². The van der Waals surface area contributed by atoms with E-state index in [2.05, 4.69) is 9.97 Å². The van der Waals surface area contributed by atoms with E-state index in [0.717, 1.165) is 23.3 Å². The molecule has 0 aliphatic heterocycles. The molecule has 4 heteroatoms. The number of imidazole rings is 1. The van der Waals surface area contributed by atoms with Gasteiger partial charge in [-0.1, -0.05) is 32.9 Å². The smallest absolute Gasteiger partial charge is 0.110 e. The summed E-state index contributed by atoms with van der Waals surface area (Å²) in [4.78, 5) is 19.5. The molecule has 0 spiro atoms. The van der Waals surface area contributed by atoms with Crippen LogP contribution in [0.25, 0.3) is 11.0 Å². The minimum atomic E-state index is -0.957. The van der Waals surface area contributed by atoms with Crippen LogP contribution >= 0.6 is 0 Å². The highest BCUT2D eigenvalue weighted by molar-refractivity contribution is 5.76. The number of benzene rings is 1. The Morgan fingerprint density at radius 1 is 1.35 bits per heavy atom. The molecule has 0 saturated heterocycles. The Balaban J connectivity index is 2.05. The van der Waals surface area contributed by atoms with Crippen LogP contribution in [-0.4, -0.2) is 15.9 Å². The number of aliphatic carboxylic acids is 1. The van der Waals surface area contributed by atoms with Gasteiger partial charge in [-0.15, -0.1) is 0 Å². The zero-order chi connectivity index (χ0) is 14.5. The fraction of sp³-hybridized carbons (Fsp3) is 0.500. The van der Waals surface area contributed by atoms with Gasteiger partial charge in [0.1, 0.15) is 5.82 Å². The van der Waals surface area contributed by atoms with Crippen molar-refractivity contribution in [1.82, 2.24) is 9.97 Å². The third kappa shape index (κ3) is 1.60. The van der Waals surface area contributed by atoms with Crippen molar-refractivity contribution in [2.45, 2.75) is 39.5 Å². The summed E-state index contributed by atoms with van der Waals surface area (Å²) in [6.07, 6.45) is 1.45. The number of aromatic nitrogens is 2. The highest BCUT2D eigenvalue weighted by Gasteiger charge is 2.53. The Morgan fingerprint density at radius 2 is 2.05 bits per heavy atom. The number of carbonyl (C=O) groups excluding carboxylic acids is 1. The van der Waals surface area contributed by atoms with Gasteiger partial charge in [0.05, 0.1) is 11.0 Å². The number of carboxylic acids is 1. The molecule has 106 valence electrons. The number of para-hydroxylation sites is 2. The molecule has 0 bridgehead atoms. The topological polar surface area (TPSA) is 68.8 Å². The highest BCUT2D eigenvalue weighted by atomic mass is 16.4. The summed E-state index contributed by atoms with van der Waals surface area (Å²) in [5.41, 5.74) is 0.733. The van der Waals surface area contributed by atoms with Gasteiger partial charge in [-0.2, -0.15) is 0 Å². The molecule has 20 heavy (non-hydrogen) atoms. The van der Waals surface area contributed by atoms with Crippen LogP contribution in [-0.2, 0) is 4.79 Å². The van der Waals surface area contributed by atoms with Crippen molar-refractivity contribution in [1.29, 1.82) is 0 Å². The Bertz CT molecular complexity index is 641. The van der Waals surface area contributed by atoms with Crippen molar-refractivity contribution in [2.24, 2.45) is 10.8 Å². The minimum absolute atomic E-state index is 0.109. The monoisotopic (exact) mass is 271 g/mol. The second-order valence-corrected chi connectivity index (χ2v) is 6.57. The zero-order valence-electron chi connectivity index (χ0n) is 12.1. The van der Waals surface area contributed by atoms with E-state index in [-0.39, 0.29) is 11.3 Å². The van der Waals surface area contributed by atoms with E-state index in [0.29, 0.717) is 6.42 Å². The van der Waals surface area contributed by atoms with Crippen molar-refractivity contribution >= 4 is 17.0 Å². The molecule has 2 aromatic rings. The number of nitrogens with zero attached hydrogens (tertiary/aromatic N) is 1. The summed E-state index contributed by atoms with van der Waals surface area (Å²) in [7, 11) is 0. The summed E-state index contributed by atoms with van der Waals surface area (Å²) in [5.74, 6) is 0.0417. The number of nitrogens with one attached hydrogen (secondary N) is 1. The Kier molecular flexibility index (Phi) is 2.68. The maximum Gasteiger partial charge on any atom is 0.110 e. The number of aromatic amines is 1. The van der Waals surface area contributed by atoms with Crippen molar-refractivity contribution in [3.05, 3.63) is 30.1 Å². The van der Waals surface area contributed by atoms with E-state index in [1.807, 2.05) is 38.1 Å². The average molecular weight is 271 g/mol. The molecule has 1 aliphatic carbocycles. The van der Waals surface area contributed by atoms with E-state index in [4.69, 9.17) is 0 Å². The van der Waals surface area contributed by atoms with Gasteiger partial charge < -0.3 is 14.9 Å². The lowest BCUT2D eigenvalue weighted by Crippen LogP contribution is -2.47. The predicted octanol–water partition coefficient (Wildman–Crippen LogP) is 2.22. The van der Waals surface area contributed by atoms with E-state index in [1.54, 1.807) is 6.92 Å². The molecule has 0 unspecified atom stereocenters. The first kappa shape index (κ1) is 13.2. The van der Waals surface area contributed by atoms with Crippen molar-refractivity contribution in [3.63, 3.8) is 0 Å². The fourth-order valence-corrected chi connectivity index (χ4v) is 3.48. The van der Waals surface area contributed by atoms with Gasteiger partial charge in [-0.25, -0.2) is 4.98 Å². The Labute approximate surface area is 118 Å². The summed E-state index contributed by atoms with van der Waals surface area (Å²) < 4.78 is 0. The minimum Gasteiger partial charge on any atom is -0.550 e. The van der Waals surface area contributed by atoms with Gasteiger partial charge in [0, 0.05) is 17.3 Å². The van der Waals surface area contributed by atoms with E-state index in [1.165, 1.54) is 0 Å². The maximum atomic E-state index is 11.5. The fourth-order valence-electron chi connectivity index (χ4n) is 3.48. The molecule has 1 aromatic heterocycles. The number of rotatable bonds is 2. The number of hydrogen-bond donors (Lipinski definition) is 1. The number of carboxylic acid groups (broad SMARTS) is 1. The van der Waals surface area contributed by atoms with Gasteiger partial charge in [0.15, 0.2) is 0 Å². The second kappa shape index (κ2) is 4.08. The molecule has 4 nitrogen and oxygen atoms in total. The molecule has 1 aliphatic rings. The normalized spacial score (nSPS) is 28.9. The molecule has 0 radical (unpaired) electrons. The predicted molar refractivity (Wildman–Crippen MR) is 75.0 cm³/mol. The van der Waals surface area contributed by atoms with E-state index < -0.39 is 11.4 Å². The van der Waals surface area contributed by atoms with Gasteiger partial charge in [0.2, 0.25) is 0 Å². The standard InChI is InChI=1S/C16H20N2O2/c1-15(2)10(8-9-16(15,3)14(19)20)13-17-11-6-4-5-7-12(11)18-13/h4-7,10H,8-9H2,1-3H3,(H,17,18)(H,19,20)/p-1/t10-,16+/m0/s1. The third-order valence-electron chi connectivity index (χ3n) is 5.41. The second-order valence-electron chi connectivity index (χ2n) is 6.57. The molecule has 0 amide bonds. The molecular weight excluding hydrogens is 252 g/mol. The molecule has 1 fully saturated rings. The van der Waals surface area contributed by atoms with Crippen molar-refractivity contribution in [3.8, 4) is 0 Å². The lowest BCUT2D eigenvalue weighted by Gasteiger charge is -2.42. The molecule has 1 aromatic carbocycles. The highest BCUT2D eigenvalue weighted by Crippen LogP contribution is 2.59. The molecule has 1 saturated carbocycles. The van der Waals surface area contributed by atoms with Crippen LogP contribution in [0.5, 0.6) is 0 Å². The van der Waals surface area contributed by atoms with Crippen LogP contribution in [0.4, 0.5) is 0 Å². The average Bonchev–Trinajstić information content (AvgIpc) is 2.90. The van der Waals surface area contributed by atoms with Gasteiger partial charge in [-0.3, -0.25) is 0 Å². The van der Waals surface area contributed by atoms with Crippen LogP contribution in [0.3, 0.4) is 0 Å². The van der Waals surface area contributed by atoms with Crippen molar-refractivity contribution < 1.29 is 9.90 Å². The number of hydrogen-bond acceptors (Lipinski definition) is 3. The quantitative estimate of drug-likeness (QED) is 0.910. The molecule has 2 atom stereocenters. The SMILES string of the molecule is CC1(C)[C@H](c2nc3ccccc3[nH]2)CC[C@]1(C)C(=O)[O-]. The molecule has 1 N–H and O–H groups in total. The number of fused-ring (bicyclic) bond motifs is 1. The zero-order valence-corrected chi connectivity index (χ0v) is 12.1. The maximum absolute atomic E-state index is 11.5. The molecule has 1 heterocycles. The Morgan fingerprint density at radius 3 is 2.65 bits per heavy atom. The van der Waals surface area contributed by atoms with Gasteiger partial charge >= 0.3 is 0 Å². The molecular formula is C16H19N2O2-. The number of H-pyrrole nitrogens is 1. The van der Waals surface area contributed by atoms with Crippen molar-refractivity contribution in [2.75, 3.05) is 0 Å². The van der Waals surface area contributed by atoms with Crippen LogP contribution < -0.4 is 5.11 Å². The number of carbonyl (C=O) groups is 1. The first-order chi connectivity index (χ1) is 9.36. The summed E-state index contributed by atoms with van der Waals surface area (Å²) >= 11 is 0. The van der Waals surface area contributed by atoms with E-state index >= 15 is 0 Å². The Hall–Kier alpha value is -1.84. The van der Waals surface area contributed by atoms with Crippen LogP contribution in [0.1, 0.15) is 45.4 Å². The van der Waals surface area contributed by atoms with Gasteiger partial charge in [0.25, 0.3) is 0 Å². The summed E-state index contributed by atoms with van der Waals surface area (Å²) in [6, 6.07) is 7.88. The molecule has 3 rings (SSSR count). The largest absolute Gasteiger partial charge is 0.550 e. The lowest BCUT2D eigenvalue weighted by molar-refractivity contribution is -0.322. The van der Waals surface area contributed by atoms with Crippen LogP contribution in [0, 0.1) is 10.8 Å². The van der Waals surface area contributed by atoms with Crippen LogP contribution in [0.15, 0.2) is 24.3 Å².